The van der Waals surface area contributed by atoms with Gasteiger partial charge in [-0.15, -0.1) is 0 Å². The lowest BCUT2D eigenvalue weighted by molar-refractivity contribution is -0.384. The highest BCUT2D eigenvalue weighted by Gasteiger charge is 2.20. The Morgan fingerprint density at radius 3 is 2.67 bits per heavy atom. The number of hydrogen-bond donors (Lipinski definition) is 1. The molecule has 0 radical (unpaired) electrons. The highest BCUT2D eigenvalue weighted by molar-refractivity contribution is 9.10. The summed E-state index contributed by atoms with van der Waals surface area (Å²) >= 11 is 2.98. The van der Waals surface area contributed by atoms with Crippen molar-refractivity contribution >= 4 is 33.2 Å². The molecule has 0 bridgehead atoms. The second-order valence-electron chi connectivity index (χ2n) is 4.84. The SMILES string of the molecule is O=C(CNc1cc(Br)c(F)cc1[N+](=O)[O-])N1CCCCC1. The van der Waals surface area contributed by atoms with Crippen LogP contribution in [0.15, 0.2) is 16.6 Å². The minimum Gasteiger partial charge on any atom is -0.371 e. The Labute approximate surface area is 129 Å². The van der Waals surface area contributed by atoms with Gasteiger partial charge in [-0.1, -0.05) is 0 Å². The number of piperidine rings is 1. The molecule has 0 unspecified atom stereocenters. The highest BCUT2D eigenvalue weighted by Crippen LogP contribution is 2.30. The fourth-order valence-corrected chi connectivity index (χ4v) is 2.60. The van der Waals surface area contributed by atoms with Crippen LogP contribution in [0.5, 0.6) is 0 Å². The van der Waals surface area contributed by atoms with E-state index in [1.807, 2.05) is 0 Å². The lowest BCUT2D eigenvalue weighted by Gasteiger charge is -2.26. The van der Waals surface area contributed by atoms with Crippen molar-refractivity contribution in [1.82, 2.24) is 4.90 Å². The van der Waals surface area contributed by atoms with Gasteiger partial charge in [0.1, 0.15) is 11.5 Å². The molecule has 1 aliphatic rings. The number of anilines is 1. The Bertz CT molecular complexity index is 562. The van der Waals surface area contributed by atoms with Crippen molar-refractivity contribution in [2.45, 2.75) is 19.3 Å². The van der Waals surface area contributed by atoms with Gasteiger partial charge in [0.05, 0.1) is 22.0 Å². The molecule has 21 heavy (non-hydrogen) atoms. The molecule has 0 aromatic heterocycles. The molecule has 1 aliphatic heterocycles. The Morgan fingerprint density at radius 1 is 1.38 bits per heavy atom. The fourth-order valence-electron chi connectivity index (χ4n) is 2.25. The second-order valence-corrected chi connectivity index (χ2v) is 5.69. The van der Waals surface area contributed by atoms with Gasteiger partial charge >= 0.3 is 0 Å². The van der Waals surface area contributed by atoms with Gasteiger partial charge in [-0.25, -0.2) is 4.39 Å². The Balaban J connectivity index is 2.06. The van der Waals surface area contributed by atoms with Crippen LogP contribution in [0.2, 0.25) is 0 Å². The lowest BCUT2D eigenvalue weighted by Crippen LogP contribution is -2.39. The number of nitrogens with zero attached hydrogens (tertiary/aromatic N) is 2. The maximum absolute atomic E-state index is 13.4. The van der Waals surface area contributed by atoms with E-state index >= 15 is 0 Å². The van der Waals surface area contributed by atoms with Crippen LogP contribution < -0.4 is 5.32 Å². The van der Waals surface area contributed by atoms with Crippen LogP contribution in [-0.2, 0) is 4.79 Å². The van der Waals surface area contributed by atoms with E-state index in [1.165, 1.54) is 6.07 Å². The minimum absolute atomic E-state index is 0.0427. The third-order valence-electron chi connectivity index (χ3n) is 3.37. The zero-order chi connectivity index (χ0) is 15.4. The molecule has 1 heterocycles. The van der Waals surface area contributed by atoms with Crippen molar-refractivity contribution in [3.8, 4) is 0 Å². The van der Waals surface area contributed by atoms with E-state index < -0.39 is 10.7 Å². The summed E-state index contributed by atoms with van der Waals surface area (Å²) in [6, 6.07) is 2.11. The number of amides is 1. The maximum Gasteiger partial charge on any atom is 0.295 e. The zero-order valence-corrected chi connectivity index (χ0v) is 12.9. The van der Waals surface area contributed by atoms with E-state index in [1.54, 1.807) is 4.90 Å². The van der Waals surface area contributed by atoms with Crippen molar-refractivity contribution in [2.24, 2.45) is 0 Å². The van der Waals surface area contributed by atoms with Crippen LogP contribution in [0.3, 0.4) is 0 Å². The summed E-state index contributed by atoms with van der Waals surface area (Å²) in [7, 11) is 0. The average Bonchev–Trinajstić information content (AvgIpc) is 2.48. The maximum atomic E-state index is 13.4. The van der Waals surface area contributed by atoms with E-state index in [4.69, 9.17) is 0 Å². The standard InChI is InChI=1S/C13H15BrFN3O3/c14-9-6-11(12(18(20)21)7-10(9)15)16-8-13(19)17-4-2-1-3-5-17/h6-7,16H,1-5,8H2. The number of nitrogens with one attached hydrogen (secondary N) is 1. The number of nitro groups is 1. The molecule has 2 rings (SSSR count). The number of carbonyl (C=O) groups is 1. The van der Waals surface area contributed by atoms with Crippen molar-refractivity contribution in [1.29, 1.82) is 0 Å². The molecule has 6 nitrogen and oxygen atoms in total. The van der Waals surface area contributed by atoms with Gasteiger partial charge in [0.2, 0.25) is 5.91 Å². The van der Waals surface area contributed by atoms with E-state index in [2.05, 4.69) is 21.2 Å². The van der Waals surface area contributed by atoms with E-state index in [0.717, 1.165) is 38.4 Å². The number of likely N-dealkylation sites (tertiary alicyclic amines) is 1. The first-order valence-corrected chi connectivity index (χ1v) is 7.43. The van der Waals surface area contributed by atoms with E-state index in [-0.39, 0.29) is 28.3 Å². The van der Waals surface area contributed by atoms with Crippen molar-refractivity contribution in [3.05, 3.63) is 32.5 Å². The molecule has 0 saturated carbocycles. The molecule has 0 aliphatic carbocycles. The molecule has 1 saturated heterocycles. The first-order valence-electron chi connectivity index (χ1n) is 6.64. The Hall–Kier alpha value is -1.70. The molecular weight excluding hydrogens is 345 g/mol. The molecule has 0 spiro atoms. The van der Waals surface area contributed by atoms with Gasteiger partial charge in [-0.3, -0.25) is 14.9 Å². The van der Waals surface area contributed by atoms with Gasteiger partial charge in [0.15, 0.2) is 0 Å². The first kappa shape index (κ1) is 15.7. The van der Waals surface area contributed by atoms with Crippen LogP contribution >= 0.6 is 15.9 Å². The monoisotopic (exact) mass is 359 g/mol. The molecule has 114 valence electrons. The fraction of sp³-hybridized carbons (Fsp3) is 0.462. The number of halogens is 2. The van der Waals surface area contributed by atoms with Crippen LogP contribution in [0.1, 0.15) is 19.3 Å². The third-order valence-corrected chi connectivity index (χ3v) is 3.98. The summed E-state index contributed by atoms with van der Waals surface area (Å²) < 4.78 is 13.5. The smallest absolute Gasteiger partial charge is 0.295 e. The van der Waals surface area contributed by atoms with Gasteiger partial charge in [-0.2, -0.15) is 0 Å². The summed E-state index contributed by atoms with van der Waals surface area (Å²) in [4.78, 5) is 24.0. The summed E-state index contributed by atoms with van der Waals surface area (Å²) in [5, 5.41) is 13.7. The zero-order valence-electron chi connectivity index (χ0n) is 11.3. The predicted molar refractivity (Wildman–Crippen MR) is 79.7 cm³/mol. The normalized spacial score (nSPS) is 14.9. The summed E-state index contributed by atoms with van der Waals surface area (Å²) in [6.45, 7) is 1.39. The summed E-state index contributed by atoms with van der Waals surface area (Å²) in [6.07, 6.45) is 3.08. The molecule has 1 amide bonds. The van der Waals surface area contributed by atoms with Gasteiger partial charge < -0.3 is 10.2 Å². The van der Waals surface area contributed by atoms with Crippen LogP contribution in [0, 0.1) is 15.9 Å². The van der Waals surface area contributed by atoms with Crippen molar-refractivity contribution in [2.75, 3.05) is 25.0 Å². The largest absolute Gasteiger partial charge is 0.371 e. The van der Waals surface area contributed by atoms with Crippen LogP contribution in [0.25, 0.3) is 0 Å². The second kappa shape index (κ2) is 6.84. The number of benzene rings is 1. The number of nitro benzene ring substituents is 1. The van der Waals surface area contributed by atoms with E-state index in [0.29, 0.717) is 0 Å². The Morgan fingerprint density at radius 2 is 2.05 bits per heavy atom. The molecule has 0 atom stereocenters. The van der Waals surface area contributed by atoms with Crippen molar-refractivity contribution in [3.63, 3.8) is 0 Å². The summed E-state index contributed by atoms with van der Waals surface area (Å²) in [5.41, 5.74) is -0.263. The number of rotatable bonds is 4. The molecule has 1 aromatic rings. The summed E-state index contributed by atoms with van der Waals surface area (Å²) in [5.74, 6) is -0.820. The predicted octanol–water partition coefficient (Wildman–Crippen LogP) is 2.92. The van der Waals surface area contributed by atoms with Gasteiger partial charge in [-0.05, 0) is 41.3 Å². The molecule has 8 heteroatoms. The minimum atomic E-state index is -0.713. The number of carbonyl (C=O) groups excluding carboxylic acids is 1. The quantitative estimate of drug-likeness (QED) is 0.662. The highest BCUT2D eigenvalue weighted by atomic mass is 79.9. The number of hydrogen-bond acceptors (Lipinski definition) is 4. The van der Waals surface area contributed by atoms with Crippen molar-refractivity contribution < 1.29 is 14.1 Å². The van der Waals surface area contributed by atoms with E-state index in [9.17, 15) is 19.3 Å². The van der Waals surface area contributed by atoms with Gasteiger partial charge in [0, 0.05) is 13.1 Å². The molecule has 1 aromatic carbocycles. The molecule has 1 fully saturated rings. The average molecular weight is 360 g/mol. The third kappa shape index (κ3) is 3.90. The van der Waals surface area contributed by atoms with Gasteiger partial charge in [0.25, 0.3) is 5.69 Å². The van der Waals surface area contributed by atoms with Crippen LogP contribution in [-0.4, -0.2) is 35.4 Å². The lowest BCUT2D eigenvalue weighted by atomic mass is 10.1. The molecular formula is C13H15BrFN3O3. The van der Waals surface area contributed by atoms with Crippen LogP contribution in [0.4, 0.5) is 15.8 Å². The molecule has 1 N–H and O–H groups in total. The first-order chi connectivity index (χ1) is 9.99. The Kier molecular flexibility index (Phi) is 5.11. The topological polar surface area (TPSA) is 75.5 Å².